The molecule has 0 radical (unpaired) electrons. The van der Waals surface area contributed by atoms with Gasteiger partial charge in [0.2, 0.25) is 0 Å². The van der Waals surface area contributed by atoms with Gasteiger partial charge < -0.3 is 5.11 Å². The van der Waals surface area contributed by atoms with Gasteiger partial charge in [0, 0.05) is 17.0 Å². The molecule has 2 aromatic rings. The Labute approximate surface area is 94.0 Å². The predicted octanol–water partition coefficient (Wildman–Crippen LogP) is 1.17. The van der Waals surface area contributed by atoms with Crippen LogP contribution in [0.2, 0.25) is 0 Å². The fourth-order valence-electron chi connectivity index (χ4n) is 1.14. The number of nitriles is 1. The highest BCUT2D eigenvalue weighted by Gasteiger charge is 2.16. The van der Waals surface area contributed by atoms with E-state index < -0.39 is 5.97 Å². The Morgan fingerprint density at radius 2 is 2.31 bits per heavy atom. The monoisotopic (exact) mass is 232 g/mol. The van der Waals surface area contributed by atoms with Crippen molar-refractivity contribution in [3.63, 3.8) is 0 Å². The lowest BCUT2D eigenvalue weighted by atomic mass is 10.1. The van der Waals surface area contributed by atoms with Crippen molar-refractivity contribution in [3.05, 3.63) is 29.2 Å². The van der Waals surface area contributed by atoms with Crippen molar-refractivity contribution in [1.29, 1.82) is 5.26 Å². The molecule has 0 unspecified atom stereocenters. The number of nitrogens with zero attached hydrogens (tertiary/aromatic N) is 4. The number of hydrogen-bond acceptors (Lipinski definition) is 6. The van der Waals surface area contributed by atoms with E-state index in [4.69, 9.17) is 10.4 Å². The first-order chi connectivity index (χ1) is 7.72. The first-order valence-corrected chi connectivity index (χ1v) is 4.96. The molecule has 0 aliphatic carbocycles. The molecule has 0 aliphatic rings. The maximum Gasteiger partial charge on any atom is 0.356 e. The molecule has 0 saturated carbocycles. The van der Waals surface area contributed by atoms with Crippen molar-refractivity contribution in [2.24, 2.45) is 0 Å². The van der Waals surface area contributed by atoms with Crippen molar-refractivity contribution in [3.8, 4) is 17.3 Å². The standard InChI is InChI=1S/C9H4N4O2S/c10-2-5-1-7(12-4-11-5)6-3-16-13-8(6)9(14)15/h1,3-4H,(H,14,15). The lowest BCUT2D eigenvalue weighted by Crippen LogP contribution is -1.99. The van der Waals surface area contributed by atoms with Crippen LogP contribution in [0.1, 0.15) is 16.2 Å². The van der Waals surface area contributed by atoms with Gasteiger partial charge in [0.15, 0.2) is 5.69 Å². The van der Waals surface area contributed by atoms with Crippen molar-refractivity contribution >= 4 is 17.5 Å². The molecular weight excluding hydrogens is 228 g/mol. The first kappa shape index (κ1) is 10.2. The van der Waals surface area contributed by atoms with E-state index in [1.165, 1.54) is 12.4 Å². The van der Waals surface area contributed by atoms with Crippen molar-refractivity contribution < 1.29 is 9.90 Å². The van der Waals surface area contributed by atoms with E-state index in [0.717, 1.165) is 11.5 Å². The first-order valence-electron chi connectivity index (χ1n) is 4.12. The van der Waals surface area contributed by atoms with E-state index in [0.29, 0.717) is 11.3 Å². The molecule has 0 aliphatic heterocycles. The second-order valence-corrected chi connectivity index (χ2v) is 3.41. The molecule has 2 heterocycles. The van der Waals surface area contributed by atoms with Gasteiger partial charge in [0.1, 0.15) is 18.1 Å². The van der Waals surface area contributed by atoms with Crippen LogP contribution in [0.15, 0.2) is 17.8 Å². The average Bonchev–Trinajstić information content (AvgIpc) is 2.78. The Bertz CT molecular complexity index is 587. The molecule has 1 N–H and O–H groups in total. The van der Waals surface area contributed by atoms with E-state index in [9.17, 15) is 4.79 Å². The second-order valence-electron chi connectivity index (χ2n) is 2.78. The van der Waals surface area contributed by atoms with Crippen molar-refractivity contribution in [2.75, 3.05) is 0 Å². The maximum absolute atomic E-state index is 10.8. The molecule has 0 aromatic carbocycles. The number of carboxylic acids is 1. The van der Waals surface area contributed by atoms with Gasteiger partial charge in [-0.1, -0.05) is 0 Å². The minimum atomic E-state index is -1.12. The summed E-state index contributed by atoms with van der Waals surface area (Å²) < 4.78 is 3.75. The summed E-state index contributed by atoms with van der Waals surface area (Å²) in [7, 11) is 0. The number of aromatic nitrogens is 3. The summed E-state index contributed by atoms with van der Waals surface area (Å²) in [6.45, 7) is 0. The molecule has 0 saturated heterocycles. The lowest BCUT2D eigenvalue weighted by molar-refractivity contribution is 0.0692. The molecule has 2 rings (SSSR count). The Hall–Kier alpha value is -2.33. The third kappa shape index (κ3) is 1.74. The van der Waals surface area contributed by atoms with E-state index in [2.05, 4.69) is 14.3 Å². The number of rotatable bonds is 2. The van der Waals surface area contributed by atoms with Crippen LogP contribution >= 0.6 is 11.5 Å². The highest BCUT2D eigenvalue weighted by Crippen LogP contribution is 2.23. The van der Waals surface area contributed by atoms with Crippen LogP contribution in [0, 0.1) is 11.3 Å². The molecule has 0 bridgehead atoms. The normalized spacial score (nSPS) is 9.69. The molecule has 0 atom stereocenters. The minimum Gasteiger partial charge on any atom is -0.476 e. The highest BCUT2D eigenvalue weighted by atomic mass is 32.1. The number of aromatic carboxylic acids is 1. The van der Waals surface area contributed by atoms with Crippen LogP contribution in [-0.4, -0.2) is 25.4 Å². The molecule has 16 heavy (non-hydrogen) atoms. The van der Waals surface area contributed by atoms with Crippen LogP contribution in [0.3, 0.4) is 0 Å². The zero-order chi connectivity index (χ0) is 11.5. The van der Waals surface area contributed by atoms with E-state index in [-0.39, 0.29) is 11.4 Å². The quantitative estimate of drug-likeness (QED) is 0.834. The molecule has 0 fully saturated rings. The van der Waals surface area contributed by atoms with Gasteiger partial charge in [-0.2, -0.15) is 9.64 Å². The van der Waals surface area contributed by atoms with Crippen LogP contribution in [0.25, 0.3) is 11.3 Å². The van der Waals surface area contributed by atoms with E-state index >= 15 is 0 Å². The molecule has 0 spiro atoms. The number of hydrogen-bond donors (Lipinski definition) is 1. The number of carboxylic acid groups (broad SMARTS) is 1. The Kier molecular flexibility index (Phi) is 2.57. The highest BCUT2D eigenvalue weighted by molar-refractivity contribution is 7.04. The van der Waals surface area contributed by atoms with Gasteiger partial charge in [-0.15, -0.1) is 0 Å². The van der Waals surface area contributed by atoms with Gasteiger partial charge in [0.25, 0.3) is 0 Å². The molecule has 2 aromatic heterocycles. The third-order valence-corrected chi connectivity index (χ3v) is 2.46. The molecule has 7 heteroatoms. The lowest BCUT2D eigenvalue weighted by Gasteiger charge is -1.97. The Morgan fingerprint density at radius 1 is 1.50 bits per heavy atom. The van der Waals surface area contributed by atoms with E-state index in [1.54, 1.807) is 5.38 Å². The van der Waals surface area contributed by atoms with Gasteiger partial charge in [-0.3, -0.25) is 0 Å². The van der Waals surface area contributed by atoms with Gasteiger partial charge in [-0.25, -0.2) is 14.8 Å². The Balaban J connectivity index is 2.55. The summed E-state index contributed by atoms with van der Waals surface area (Å²) >= 11 is 1.03. The molecule has 6 nitrogen and oxygen atoms in total. The van der Waals surface area contributed by atoms with E-state index in [1.807, 2.05) is 6.07 Å². The summed E-state index contributed by atoms with van der Waals surface area (Å²) in [4.78, 5) is 18.5. The summed E-state index contributed by atoms with van der Waals surface area (Å²) in [5.74, 6) is -1.12. The average molecular weight is 232 g/mol. The molecular formula is C9H4N4O2S. The predicted molar refractivity (Wildman–Crippen MR) is 54.8 cm³/mol. The van der Waals surface area contributed by atoms with Crippen LogP contribution in [-0.2, 0) is 0 Å². The maximum atomic E-state index is 10.8. The fourth-order valence-corrected chi connectivity index (χ4v) is 1.81. The topological polar surface area (TPSA) is 99.8 Å². The van der Waals surface area contributed by atoms with Gasteiger partial charge >= 0.3 is 5.97 Å². The van der Waals surface area contributed by atoms with Gasteiger partial charge in [0.05, 0.1) is 5.69 Å². The third-order valence-electron chi connectivity index (χ3n) is 1.83. The number of carbonyl (C=O) groups is 1. The van der Waals surface area contributed by atoms with Crippen molar-refractivity contribution in [1.82, 2.24) is 14.3 Å². The second kappa shape index (κ2) is 4.04. The zero-order valence-corrected chi connectivity index (χ0v) is 8.60. The largest absolute Gasteiger partial charge is 0.476 e. The SMILES string of the molecule is N#Cc1cc(-c2csnc2C(=O)O)ncn1. The van der Waals surface area contributed by atoms with Gasteiger partial charge in [-0.05, 0) is 11.5 Å². The smallest absolute Gasteiger partial charge is 0.356 e. The minimum absolute atomic E-state index is 0.0624. The summed E-state index contributed by atoms with van der Waals surface area (Å²) in [5.41, 5.74) is 0.911. The fraction of sp³-hybridized carbons (Fsp3) is 0. The molecule has 0 amide bonds. The summed E-state index contributed by atoms with van der Waals surface area (Å²) in [6, 6.07) is 3.29. The molecule has 78 valence electrons. The summed E-state index contributed by atoms with van der Waals surface area (Å²) in [5, 5.41) is 19.1. The zero-order valence-electron chi connectivity index (χ0n) is 7.78. The Morgan fingerprint density at radius 3 is 3.00 bits per heavy atom. The van der Waals surface area contributed by atoms with Crippen LogP contribution in [0.4, 0.5) is 0 Å². The van der Waals surface area contributed by atoms with Crippen LogP contribution in [0.5, 0.6) is 0 Å². The van der Waals surface area contributed by atoms with Crippen molar-refractivity contribution in [2.45, 2.75) is 0 Å². The van der Waals surface area contributed by atoms with Crippen LogP contribution < -0.4 is 0 Å². The summed E-state index contributed by atoms with van der Waals surface area (Å²) in [6.07, 6.45) is 1.22.